The minimum absolute atomic E-state index is 0.276. The van der Waals surface area contributed by atoms with Crippen LogP contribution in [0.25, 0.3) is 0 Å². The average molecular weight is 197 g/mol. The Morgan fingerprint density at radius 2 is 2.14 bits per heavy atom. The van der Waals surface area contributed by atoms with Gasteiger partial charge in [0.15, 0.2) is 0 Å². The van der Waals surface area contributed by atoms with Crippen LogP contribution in [-0.2, 0) is 4.74 Å². The fraction of sp³-hybridized carbons (Fsp3) is 0.333. The number of aromatic nitrogens is 1. The van der Waals surface area contributed by atoms with Crippen molar-refractivity contribution >= 4 is 6.16 Å². The molecule has 0 atom stereocenters. The summed E-state index contributed by atoms with van der Waals surface area (Å²) in [6, 6.07) is 4.41. The van der Waals surface area contributed by atoms with Gasteiger partial charge in [-0.25, -0.2) is 4.79 Å². The van der Waals surface area contributed by atoms with Crippen LogP contribution in [0.1, 0.15) is 13.8 Å². The van der Waals surface area contributed by atoms with Crippen molar-refractivity contribution in [3.8, 4) is 0 Å². The van der Waals surface area contributed by atoms with Gasteiger partial charge in [-0.15, -0.1) is 4.73 Å². The molecule has 0 fully saturated rings. The fourth-order valence-electron chi connectivity index (χ4n) is 0.782. The Hall–Kier alpha value is -1.78. The quantitative estimate of drug-likeness (QED) is 0.658. The minimum atomic E-state index is -0.895. The monoisotopic (exact) mass is 197 g/mol. The zero-order chi connectivity index (χ0) is 10.6. The van der Waals surface area contributed by atoms with Crippen molar-refractivity contribution in [1.29, 1.82) is 0 Å². The lowest BCUT2D eigenvalue weighted by molar-refractivity contribution is 0.0260. The Balaban J connectivity index is 2.65. The summed E-state index contributed by atoms with van der Waals surface area (Å²) >= 11 is 0. The molecule has 0 spiro atoms. The second-order valence-electron chi connectivity index (χ2n) is 2.87. The van der Waals surface area contributed by atoms with Crippen molar-refractivity contribution in [2.75, 3.05) is 0 Å². The van der Waals surface area contributed by atoms with E-state index in [1.165, 1.54) is 12.3 Å². The summed E-state index contributed by atoms with van der Waals surface area (Å²) in [6.07, 6.45) is 0.166. The number of hydrogen-bond acceptors (Lipinski definition) is 4. The molecule has 5 heteroatoms. The van der Waals surface area contributed by atoms with Crippen LogP contribution in [-0.4, -0.2) is 17.0 Å². The van der Waals surface area contributed by atoms with Crippen LogP contribution in [0.15, 0.2) is 29.2 Å². The average Bonchev–Trinajstić information content (AvgIpc) is 2.07. The third kappa shape index (κ3) is 2.93. The molecule has 5 nitrogen and oxygen atoms in total. The molecular weight excluding hydrogens is 186 g/mol. The first kappa shape index (κ1) is 10.3. The molecule has 1 aromatic heterocycles. The molecule has 0 aliphatic carbocycles. The van der Waals surface area contributed by atoms with Crippen molar-refractivity contribution in [2.24, 2.45) is 0 Å². The van der Waals surface area contributed by atoms with Crippen LogP contribution in [0.3, 0.4) is 0 Å². The second-order valence-corrected chi connectivity index (χ2v) is 2.87. The number of hydrogen-bond donors (Lipinski definition) is 0. The Bertz CT molecular complexity index is 369. The largest absolute Gasteiger partial charge is 0.534 e. The van der Waals surface area contributed by atoms with Gasteiger partial charge in [0.2, 0.25) is 0 Å². The van der Waals surface area contributed by atoms with E-state index in [1.54, 1.807) is 26.0 Å². The highest BCUT2D eigenvalue weighted by Gasteiger charge is 2.08. The lowest BCUT2D eigenvalue weighted by Gasteiger charge is -2.08. The topological polar surface area (TPSA) is 57.5 Å². The zero-order valence-electron chi connectivity index (χ0n) is 7.97. The lowest BCUT2D eigenvalue weighted by atomic mass is 10.5. The highest BCUT2D eigenvalue weighted by Crippen LogP contribution is 1.89. The van der Waals surface area contributed by atoms with E-state index < -0.39 is 11.7 Å². The van der Waals surface area contributed by atoms with Crippen LogP contribution in [0.2, 0.25) is 0 Å². The smallest absolute Gasteiger partial charge is 0.430 e. The highest BCUT2D eigenvalue weighted by molar-refractivity contribution is 5.60. The summed E-state index contributed by atoms with van der Waals surface area (Å²) in [4.78, 5) is 26.6. The van der Waals surface area contributed by atoms with E-state index in [0.717, 1.165) is 4.73 Å². The molecule has 0 bridgehead atoms. The second kappa shape index (κ2) is 4.45. The number of rotatable bonds is 2. The third-order valence-electron chi connectivity index (χ3n) is 1.29. The van der Waals surface area contributed by atoms with Gasteiger partial charge < -0.3 is 4.74 Å². The van der Waals surface area contributed by atoms with Gasteiger partial charge in [0, 0.05) is 12.3 Å². The fourth-order valence-corrected chi connectivity index (χ4v) is 0.782. The molecule has 14 heavy (non-hydrogen) atoms. The molecule has 1 heterocycles. The minimum Gasteiger partial charge on any atom is -0.430 e. The van der Waals surface area contributed by atoms with E-state index in [1.807, 2.05) is 0 Å². The first-order valence-corrected chi connectivity index (χ1v) is 4.16. The predicted octanol–water partition coefficient (Wildman–Crippen LogP) is 0.822. The van der Waals surface area contributed by atoms with Crippen molar-refractivity contribution < 1.29 is 14.4 Å². The molecule has 0 saturated carbocycles. The maximum atomic E-state index is 11.1. The van der Waals surface area contributed by atoms with Crippen LogP contribution < -0.4 is 10.4 Å². The summed E-state index contributed by atoms with van der Waals surface area (Å²) in [5, 5.41) is 0. The lowest BCUT2D eigenvalue weighted by Crippen LogP contribution is -2.31. The van der Waals surface area contributed by atoms with Crippen LogP contribution in [0, 0.1) is 0 Å². The van der Waals surface area contributed by atoms with Gasteiger partial charge in [0.05, 0.1) is 6.10 Å². The van der Waals surface area contributed by atoms with E-state index in [2.05, 4.69) is 9.57 Å². The van der Waals surface area contributed by atoms with Gasteiger partial charge >= 0.3 is 6.16 Å². The van der Waals surface area contributed by atoms with Crippen molar-refractivity contribution in [3.05, 3.63) is 34.7 Å². The van der Waals surface area contributed by atoms with E-state index in [4.69, 9.17) is 0 Å². The van der Waals surface area contributed by atoms with Crippen LogP contribution in [0.4, 0.5) is 4.79 Å². The molecule has 0 aliphatic heterocycles. The summed E-state index contributed by atoms with van der Waals surface area (Å²) in [7, 11) is 0. The van der Waals surface area contributed by atoms with Gasteiger partial charge in [-0.3, -0.25) is 9.63 Å². The van der Waals surface area contributed by atoms with Gasteiger partial charge in [-0.2, -0.15) is 0 Å². The van der Waals surface area contributed by atoms with E-state index in [0.29, 0.717) is 0 Å². The van der Waals surface area contributed by atoms with Gasteiger partial charge in [0.1, 0.15) is 0 Å². The zero-order valence-corrected chi connectivity index (χ0v) is 7.97. The third-order valence-corrected chi connectivity index (χ3v) is 1.29. The number of nitrogens with zero attached hydrogens (tertiary/aromatic N) is 1. The molecule has 0 amide bonds. The van der Waals surface area contributed by atoms with Gasteiger partial charge in [-0.05, 0) is 19.9 Å². The Kier molecular flexibility index (Phi) is 3.28. The molecule has 0 saturated heterocycles. The summed E-state index contributed by atoms with van der Waals surface area (Å²) in [5.74, 6) is 0. The molecule has 0 unspecified atom stereocenters. The molecule has 0 aromatic carbocycles. The summed E-state index contributed by atoms with van der Waals surface area (Å²) < 4.78 is 5.50. The maximum Gasteiger partial charge on any atom is 0.534 e. The molecule has 1 rings (SSSR count). The number of carbonyl (C=O) groups excluding carboxylic acids is 1. The first-order chi connectivity index (χ1) is 6.59. The molecule has 0 aliphatic rings. The molecule has 0 radical (unpaired) electrons. The van der Waals surface area contributed by atoms with E-state index in [9.17, 15) is 9.59 Å². The summed E-state index contributed by atoms with van der Waals surface area (Å²) in [5.41, 5.74) is -0.423. The van der Waals surface area contributed by atoms with Gasteiger partial charge in [0.25, 0.3) is 5.56 Å². The standard InChI is InChI=1S/C9H11NO4/c1-7(2)13-9(12)14-10-6-4-3-5-8(10)11/h3-7H,1-2H3. The number of pyridine rings is 1. The molecule has 1 aromatic rings. The summed E-state index contributed by atoms with van der Waals surface area (Å²) in [6.45, 7) is 3.38. The van der Waals surface area contributed by atoms with Crippen molar-refractivity contribution in [3.63, 3.8) is 0 Å². The van der Waals surface area contributed by atoms with Crippen LogP contribution >= 0.6 is 0 Å². The molecular formula is C9H11NO4. The highest BCUT2D eigenvalue weighted by atomic mass is 16.8. The SMILES string of the molecule is CC(C)OC(=O)On1ccccc1=O. The number of carbonyl (C=O) groups is 1. The van der Waals surface area contributed by atoms with Gasteiger partial charge in [-0.1, -0.05) is 6.07 Å². The first-order valence-electron chi connectivity index (χ1n) is 4.16. The normalized spacial score (nSPS) is 9.93. The van der Waals surface area contributed by atoms with E-state index in [-0.39, 0.29) is 6.10 Å². The maximum absolute atomic E-state index is 11.1. The van der Waals surface area contributed by atoms with Crippen molar-refractivity contribution in [2.45, 2.75) is 20.0 Å². The van der Waals surface area contributed by atoms with Crippen molar-refractivity contribution in [1.82, 2.24) is 4.73 Å². The Morgan fingerprint density at radius 3 is 2.71 bits per heavy atom. The van der Waals surface area contributed by atoms with E-state index >= 15 is 0 Å². The predicted molar refractivity (Wildman–Crippen MR) is 48.9 cm³/mol. The van der Waals surface area contributed by atoms with Crippen LogP contribution in [0.5, 0.6) is 0 Å². The Morgan fingerprint density at radius 1 is 1.43 bits per heavy atom. The Labute approximate surface area is 80.8 Å². The molecule has 76 valence electrons. The molecule has 0 N–H and O–H groups in total. The number of ether oxygens (including phenoxy) is 1.